The molecule has 1 aliphatic rings. The van der Waals surface area contributed by atoms with Gasteiger partial charge in [-0.05, 0) is 37.1 Å². The Hall–Kier alpha value is -3.66. The Balaban J connectivity index is 1.64. The zero-order valence-electron chi connectivity index (χ0n) is 15.2. The van der Waals surface area contributed by atoms with Gasteiger partial charge in [-0.15, -0.1) is 0 Å². The van der Waals surface area contributed by atoms with Crippen molar-refractivity contribution in [2.45, 2.75) is 12.8 Å². The number of hydrogen-bond acceptors (Lipinski definition) is 5. The summed E-state index contributed by atoms with van der Waals surface area (Å²) in [6, 6.07) is 14.9. The first-order valence-electron chi connectivity index (χ1n) is 8.94. The fourth-order valence-corrected chi connectivity index (χ4v) is 3.02. The lowest BCUT2D eigenvalue weighted by Crippen LogP contribution is -2.29. The minimum atomic E-state index is -0.744. The summed E-state index contributed by atoms with van der Waals surface area (Å²) >= 11 is 0. The second-order valence-corrected chi connectivity index (χ2v) is 6.33. The number of rotatable bonds is 5. The Labute approximate surface area is 162 Å². The number of nitrogens with zero attached hydrogens (tertiary/aromatic N) is 2. The molecule has 142 valence electrons. The SMILES string of the molecule is N#Cc1ccccc1NC(=O)COC(=O)c1ccccc1C(=O)N1CCCC1. The number of carbonyl (C=O) groups is 3. The first kappa shape index (κ1) is 19.1. The predicted octanol–water partition coefficient (Wildman–Crippen LogP) is 2.59. The van der Waals surface area contributed by atoms with E-state index >= 15 is 0 Å². The van der Waals surface area contributed by atoms with E-state index in [-0.39, 0.29) is 17.0 Å². The van der Waals surface area contributed by atoms with E-state index in [1.807, 2.05) is 6.07 Å². The fourth-order valence-electron chi connectivity index (χ4n) is 3.02. The van der Waals surface area contributed by atoms with Crippen LogP contribution in [0, 0.1) is 11.3 Å². The fraction of sp³-hybridized carbons (Fsp3) is 0.238. The van der Waals surface area contributed by atoms with E-state index in [1.165, 1.54) is 6.07 Å². The molecule has 28 heavy (non-hydrogen) atoms. The number of para-hydroxylation sites is 1. The molecular weight excluding hydrogens is 358 g/mol. The Bertz CT molecular complexity index is 943. The number of benzene rings is 2. The molecule has 0 atom stereocenters. The molecule has 0 radical (unpaired) electrons. The maximum absolute atomic E-state index is 12.6. The van der Waals surface area contributed by atoms with Gasteiger partial charge in [0.25, 0.3) is 11.8 Å². The van der Waals surface area contributed by atoms with Gasteiger partial charge in [0.05, 0.1) is 22.4 Å². The molecular formula is C21H19N3O4. The summed E-state index contributed by atoms with van der Waals surface area (Å²) in [5.74, 6) is -1.52. The summed E-state index contributed by atoms with van der Waals surface area (Å²) in [7, 11) is 0. The molecule has 1 N–H and O–H groups in total. The van der Waals surface area contributed by atoms with Crippen molar-refractivity contribution >= 4 is 23.5 Å². The van der Waals surface area contributed by atoms with Crippen molar-refractivity contribution in [3.8, 4) is 6.07 Å². The van der Waals surface area contributed by atoms with E-state index < -0.39 is 18.5 Å². The van der Waals surface area contributed by atoms with Gasteiger partial charge in [-0.25, -0.2) is 4.79 Å². The molecule has 0 unspecified atom stereocenters. The summed E-state index contributed by atoms with van der Waals surface area (Å²) in [5, 5.41) is 11.6. The lowest BCUT2D eigenvalue weighted by atomic mass is 10.1. The molecule has 3 rings (SSSR count). The van der Waals surface area contributed by atoms with Crippen molar-refractivity contribution in [3.05, 3.63) is 65.2 Å². The quantitative estimate of drug-likeness (QED) is 0.808. The number of esters is 1. The van der Waals surface area contributed by atoms with Crippen LogP contribution < -0.4 is 5.32 Å². The molecule has 0 aliphatic carbocycles. The zero-order chi connectivity index (χ0) is 19.9. The van der Waals surface area contributed by atoms with Gasteiger partial charge in [0.15, 0.2) is 6.61 Å². The second-order valence-electron chi connectivity index (χ2n) is 6.33. The standard InChI is InChI=1S/C21H19N3O4/c22-13-15-7-1-4-10-18(15)23-19(25)14-28-21(27)17-9-3-2-8-16(17)20(26)24-11-5-6-12-24/h1-4,7-10H,5-6,11-12,14H2,(H,23,25). The largest absolute Gasteiger partial charge is 0.452 e. The maximum Gasteiger partial charge on any atom is 0.339 e. The highest BCUT2D eigenvalue weighted by Crippen LogP contribution is 2.17. The molecule has 2 amide bonds. The van der Waals surface area contributed by atoms with Crippen molar-refractivity contribution < 1.29 is 19.1 Å². The van der Waals surface area contributed by atoms with Crippen LogP contribution in [0.2, 0.25) is 0 Å². The van der Waals surface area contributed by atoms with Crippen LogP contribution in [-0.4, -0.2) is 42.4 Å². The second kappa shape index (κ2) is 8.82. The van der Waals surface area contributed by atoms with E-state index in [9.17, 15) is 14.4 Å². The van der Waals surface area contributed by atoms with Crippen molar-refractivity contribution in [1.29, 1.82) is 5.26 Å². The Kier molecular flexibility index (Phi) is 6.02. The van der Waals surface area contributed by atoms with Crippen molar-refractivity contribution in [1.82, 2.24) is 4.90 Å². The minimum Gasteiger partial charge on any atom is -0.452 e. The van der Waals surface area contributed by atoms with Gasteiger partial charge in [-0.1, -0.05) is 24.3 Å². The zero-order valence-corrected chi connectivity index (χ0v) is 15.2. The molecule has 7 heteroatoms. The highest BCUT2D eigenvalue weighted by atomic mass is 16.5. The minimum absolute atomic E-state index is 0.129. The molecule has 7 nitrogen and oxygen atoms in total. The number of nitriles is 1. The highest BCUT2D eigenvalue weighted by Gasteiger charge is 2.24. The number of carbonyl (C=O) groups excluding carboxylic acids is 3. The van der Waals surface area contributed by atoms with E-state index in [0.717, 1.165) is 12.8 Å². The molecule has 1 saturated heterocycles. The maximum atomic E-state index is 12.6. The van der Waals surface area contributed by atoms with Gasteiger partial charge in [0.1, 0.15) is 6.07 Å². The molecule has 2 aromatic carbocycles. The van der Waals surface area contributed by atoms with Crippen LogP contribution >= 0.6 is 0 Å². The molecule has 0 bridgehead atoms. The third kappa shape index (κ3) is 4.35. The lowest BCUT2D eigenvalue weighted by Gasteiger charge is -2.17. The normalized spacial score (nSPS) is 12.9. The van der Waals surface area contributed by atoms with Crippen LogP contribution in [0.3, 0.4) is 0 Å². The van der Waals surface area contributed by atoms with Crippen molar-refractivity contribution in [2.75, 3.05) is 25.0 Å². The average Bonchev–Trinajstić information content (AvgIpc) is 3.27. The smallest absolute Gasteiger partial charge is 0.339 e. The Morgan fingerprint density at radius 2 is 1.64 bits per heavy atom. The van der Waals surface area contributed by atoms with Crippen LogP contribution in [0.4, 0.5) is 5.69 Å². The predicted molar refractivity (Wildman–Crippen MR) is 102 cm³/mol. The summed E-state index contributed by atoms with van der Waals surface area (Å²) in [6.45, 7) is 0.816. The van der Waals surface area contributed by atoms with Crippen LogP contribution in [0.25, 0.3) is 0 Å². The van der Waals surface area contributed by atoms with Gasteiger partial charge >= 0.3 is 5.97 Å². The molecule has 1 aliphatic heterocycles. The summed E-state index contributed by atoms with van der Waals surface area (Å²) in [4.78, 5) is 38.8. The Morgan fingerprint density at radius 1 is 1.00 bits per heavy atom. The van der Waals surface area contributed by atoms with Gasteiger partial charge in [-0.2, -0.15) is 5.26 Å². The number of likely N-dealkylation sites (tertiary alicyclic amines) is 1. The molecule has 1 fully saturated rings. The molecule has 0 saturated carbocycles. The van der Waals surface area contributed by atoms with Crippen LogP contribution in [0.1, 0.15) is 39.1 Å². The first-order valence-corrected chi connectivity index (χ1v) is 8.94. The monoisotopic (exact) mass is 377 g/mol. The molecule has 1 heterocycles. The molecule has 0 aromatic heterocycles. The first-order chi connectivity index (χ1) is 13.6. The van der Waals surface area contributed by atoms with Crippen LogP contribution in [-0.2, 0) is 9.53 Å². The summed E-state index contributed by atoms with van der Waals surface area (Å²) in [5.41, 5.74) is 1.05. The van der Waals surface area contributed by atoms with Gasteiger partial charge in [0.2, 0.25) is 0 Å². The van der Waals surface area contributed by atoms with Gasteiger partial charge < -0.3 is 15.0 Å². The number of ether oxygens (including phenoxy) is 1. The topological polar surface area (TPSA) is 99.5 Å². The van der Waals surface area contributed by atoms with E-state index in [0.29, 0.717) is 24.3 Å². The molecule has 2 aromatic rings. The van der Waals surface area contributed by atoms with Crippen LogP contribution in [0.15, 0.2) is 48.5 Å². The number of amides is 2. The van der Waals surface area contributed by atoms with Crippen molar-refractivity contribution in [2.24, 2.45) is 0 Å². The van der Waals surface area contributed by atoms with Crippen molar-refractivity contribution in [3.63, 3.8) is 0 Å². The third-order valence-corrected chi connectivity index (χ3v) is 4.43. The number of anilines is 1. The highest BCUT2D eigenvalue weighted by molar-refractivity contribution is 6.06. The van der Waals surface area contributed by atoms with Gasteiger partial charge in [0, 0.05) is 13.1 Å². The van der Waals surface area contributed by atoms with E-state index in [4.69, 9.17) is 10.00 Å². The van der Waals surface area contributed by atoms with Crippen LogP contribution in [0.5, 0.6) is 0 Å². The average molecular weight is 377 g/mol. The summed E-state index contributed by atoms with van der Waals surface area (Å²) < 4.78 is 5.08. The molecule has 0 spiro atoms. The third-order valence-electron chi connectivity index (χ3n) is 4.43. The van der Waals surface area contributed by atoms with E-state index in [1.54, 1.807) is 47.4 Å². The Morgan fingerprint density at radius 3 is 2.36 bits per heavy atom. The number of nitrogens with one attached hydrogen (secondary N) is 1. The van der Waals surface area contributed by atoms with Gasteiger partial charge in [-0.3, -0.25) is 9.59 Å². The number of hydrogen-bond donors (Lipinski definition) is 1. The van der Waals surface area contributed by atoms with E-state index in [2.05, 4.69) is 5.32 Å². The summed E-state index contributed by atoms with van der Waals surface area (Å²) in [6.07, 6.45) is 1.89. The lowest BCUT2D eigenvalue weighted by molar-refractivity contribution is -0.119.